The van der Waals surface area contributed by atoms with Gasteiger partial charge in [-0.15, -0.1) is 0 Å². The van der Waals surface area contributed by atoms with Gasteiger partial charge >= 0.3 is 0 Å². The van der Waals surface area contributed by atoms with Crippen molar-refractivity contribution < 1.29 is 4.74 Å². The van der Waals surface area contributed by atoms with E-state index in [2.05, 4.69) is 45.0 Å². The molecule has 17 heavy (non-hydrogen) atoms. The van der Waals surface area contributed by atoms with Crippen LogP contribution in [-0.2, 0) is 5.41 Å². The molecule has 1 aliphatic rings. The molecule has 0 heterocycles. The predicted octanol–water partition coefficient (Wildman–Crippen LogP) is 4.55. The van der Waals surface area contributed by atoms with Crippen molar-refractivity contribution in [1.82, 2.24) is 0 Å². The third-order valence-electron chi connectivity index (χ3n) is 4.92. The van der Waals surface area contributed by atoms with E-state index in [1.165, 1.54) is 31.2 Å². The lowest BCUT2D eigenvalue weighted by molar-refractivity contribution is 0.106. The van der Waals surface area contributed by atoms with Gasteiger partial charge in [-0.05, 0) is 24.3 Å². The monoisotopic (exact) mass is 232 g/mol. The highest BCUT2D eigenvalue weighted by molar-refractivity contribution is 5.41. The van der Waals surface area contributed by atoms with Crippen molar-refractivity contribution in [2.75, 3.05) is 7.11 Å². The Balaban J connectivity index is 2.49. The summed E-state index contributed by atoms with van der Waals surface area (Å²) in [5.74, 6) is 1.05. The van der Waals surface area contributed by atoms with E-state index < -0.39 is 0 Å². The lowest BCUT2D eigenvalue weighted by Crippen LogP contribution is -2.42. The second-order valence-electron chi connectivity index (χ2n) is 6.12. The van der Waals surface area contributed by atoms with E-state index in [0.717, 1.165) is 5.75 Å². The Morgan fingerprint density at radius 1 is 1.00 bits per heavy atom. The normalized spacial score (nSPS) is 27.8. The van der Waals surface area contributed by atoms with Gasteiger partial charge in [0.1, 0.15) is 5.75 Å². The molecule has 0 N–H and O–H groups in total. The van der Waals surface area contributed by atoms with Gasteiger partial charge in [0.25, 0.3) is 0 Å². The van der Waals surface area contributed by atoms with Gasteiger partial charge in [0.05, 0.1) is 7.11 Å². The summed E-state index contributed by atoms with van der Waals surface area (Å²) in [6.45, 7) is 7.21. The van der Waals surface area contributed by atoms with Crippen molar-refractivity contribution >= 4 is 0 Å². The minimum absolute atomic E-state index is 0.234. The van der Waals surface area contributed by atoms with E-state index in [1.54, 1.807) is 7.11 Å². The van der Waals surface area contributed by atoms with Gasteiger partial charge in [-0.3, -0.25) is 0 Å². The molecular formula is C16H24O. The molecule has 1 aromatic carbocycles. The highest BCUT2D eigenvalue weighted by Crippen LogP contribution is 2.53. The third kappa shape index (κ3) is 1.96. The van der Waals surface area contributed by atoms with E-state index in [9.17, 15) is 0 Å². The summed E-state index contributed by atoms with van der Waals surface area (Å²) in [7, 11) is 1.78. The second kappa shape index (κ2) is 4.36. The predicted molar refractivity (Wildman–Crippen MR) is 72.6 cm³/mol. The van der Waals surface area contributed by atoms with Crippen LogP contribution in [0.5, 0.6) is 5.75 Å². The Hall–Kier alpha value is -0.980. The van der Waals surface area contributed by atoms with Crippen LogP contribution < -0.4 is 4.74 Å². The first-order valence-electron chi connectivity index (χ1n) is 6.65. The number of hydrogen-bond donors (Lipinski definition) is 0. The van der Waals surface area contributed by atoms with Crippen LogP contribution in [0.1, 0.15) is 52.0 Å². The first kappa shape index (κ1) is 12.5. The molecule has 0 radical (unpaired) electrons. The largest absolute Gasteiger partial charge is 0.496 e. The van der Waals surface area contributed by atoms with E-state index in [4.69, 9.17) is 4.74 Å². The average Bonchev–Trinajstić information content (AvgIpc) is 2.33. The van der Waals surface area contributed by atoms with E-state index in [-0.39, 0.29) is 5.41 Å². The molecule has 1 heteroatoms. The van der Waals surface area contributed by atoms with Crippen LogP contribution in [0.25, 0.3) is 0 Å². The molecule has 1 fully saturated rings. The van der Waals surface area contributed by atoms with Gasteiger partial charge in [0.2, 0.25) is 0 Å². The molecule has 1 saturated carbocycles. The van der Waals surface area contributed by atoms with Crippen LogP contribution in [0.2, 0.25) is 0 Å². The van der Waals surface area contributed by atoms with Crippen LogP contribution in [0.3, 0.4) is 0 Å². The molecule has 94 valence electrons. The number of methoxy groups -OCH3 is 1. The molecule has 0 aliphatic heterocycles. The fraction of sp³-hybridized carbons (Fsp3) is 0.625. The maximum Gasteiger partial charge on any atom is 0.122 e. The topological polar surface area (TPSA) is 9.23 Å². The summed E-state index contributed by atoms with van der Waals surface area (Å²) in [6.07, 6.45) is 5.26. The maximum absolute atomic E-state index is 5.56. The standard InChI is InChI=1S/C16H24O/c1-15(2)11-7-8-12-16(15,3)13-9-5-6-10-14(13)17-4/h5-6,9-10H,7-8,11-12H2,1-4H3. The Labute approximate surface area is 105 Å². The molecule has 0 bridgehead atoms. The van der Waals surface area contributed by atoms with Crippen molar-refractivity contribution in [1.29, 1.82) is 0 Å². The molecule has 0 spiro atoms. The van der Waals surface area contributed by atoms with Crippen molar-refractivity contribution in [2.45, 2.75) is 51.9 Å². The summed E-state index contributed by atoms with van der Waals surface area (Å²) in [4.78, 5) is 0. The molecule has 0 saturated heterocycles. The summed E-state index contributed by atoms with van der Waals surface area (Å²) >= 11 is 0. The first-order valence-corrected chi connectivity index (χ1v) is 6.65. The van der Waals surface area contributed by atoms with Crippen molar-refractivity contribution in [3.8, 4) is 5.75 Å². The van der Waals surface area contributed by atoms with Crippen LogP contribution in [0, 0.1) is 5.41 Å². The number of benzene rings is 1. The zero-order valence-electron chi connectivity index (χ0n) is 11.5. The van der Waals surface area contributed by atoms with Gasteiger partial charge in [-0.1, -0.05) is 51.8 Å². The highest BCUT2D eigenvalue weighted by Gasteiger charge is 2.45. The van der Waals surface area contributed by atoms with Crippen LogP contribution in [0.15, 0.2) is 24.3 Å². The summed E-state index contributed by atoms with van der Waals surface area (Å²) in [6, 6.07) is 8.52. The number of para-hydroxylation sites is 1. The average molecular weight is 232 g/mol. The second-order valence-corrected chi connectivity index (χ2v) is 6.12. The molecule has 0 aromatic heterocycles. The van der Waals surface area contributed by atoms with E-state index in [1.807, 2.05) is 0 Å². The first-order chi connectivity index (χ1) is 8.01. The van der Waals surface area contributed by atoms with Crippen LogP contribution >= 0.6 is 0 Å². The van der Waals surface area contributed by atoms with Gasteiger partial charge in [-0.2, -0.15) is 0 Å². The number of ether oxygens (including phenoxy) is 1. The lowest BCUT2D eigenvalue weighted by atomic mass is 9.56. The van der Waals surface area contributed by atoms with Gasteiger partial charge < -0.3 is 4.74 Å². The molecule has 0 amide bonds. The Morgan fingerprint density at radius 2 is 1.65 bits per heavy atom. The minimum atomic E-state index is 0.234. The van der Waals surface area contributed by atoms with Crippen molar-refractivity contribution in [2.24, 2.45) is 5.41 Å². The summed E-state index contributed by atoms with van der Waals surface area (Å²) in [5, 5.41) is 0. The molecular weight excluding hydrogens is 208 g/mol. The minimum Gasteiger partial charge on any atom is -0.496 e. The molecule has 1 aliphatic carbocycles. The quantitative estimate of drug-likeness (QED) is 0.726. The molecule has 1 nitrogen and oxygen atoms in total. The summed E-state index contributed by atoms with van der Waals surface area (Å²) < 4.78 is 5.56. The van der Waals surface area contributed by atoms with Crippen LogP contribution in [0.4, 0.5) is 0 Å². The fourth-order valence-electron chi connectivity index (χ4n) is 3.26. The molecule has 1 unspecified atom stereocenters. The van der Waals surface area contributed by atoms with Gasteiger partial charge in [0.15, 0.2) is 0 Å². The zero-order chi connectivity index (χ0) is 12.5. The van der Waals surface area contributed by atoms with E-state index >= 15 is 0 Å². The number of rotatable bonds is 2. The van der Waals surface area contributed by atoms with E-state index in [0.29, 0.717) is 5.41 Å². The Bertz CT molecular complexity index is 394. The van der Waals surface area contributed by atoms with Gasteiger partial charge in [-0.25, -0.2) is 0 Å². The smallest absolute Gasteiger partial charge is 0.122 e. The fourth-order valence-corrected chi connectivity index (χ4v) is 3.26. The zero-order valence-corrected chi connectivity index (χ0v) is 11.5. The molecule has 1 atom stereocenters. The Kier molecular flexibility index (Phi) is 3.20. The molecule has 2 rings (SSSR count). The molecule has 1 aromatic rings. The third-order valence-corrected chi connectivity index (χ3v) is 4.92. The van der Waals surface area contributed by atoms with Crippen LogP contribution in [-0.4, -0.2) is 7.11 Å². The Morgan fingerprint density at radius 3 is 2.29 bits per heavy atom. The van der Waals surface area contributed by atoms with Gasteiger partial charge in [0, 0.05) is 11.0 Å². The van der Waals surface area contributed by atoms with Crippen molar-refractivity contribution in [3.63, 3.8) is 0 Å². The maximum atomic E-state index is 5.56. The highest BCUT2D eigenvalue weighted by atomic mass is 16.5. The van der Waals surface area contributed by atoms with Crippen molar-refractivity contribution in [3.05, 3.63) is 29.8 Å². The number of hydrogen-bond acceptors (Lipinski definition) is 1. The SMILES string of the molecule is COc1ccccc1C1(C)CCCCC1(C)C. The lowest BCUT2D eigenvalue weighted by Gasteiger charge is -2.49. The summed E-state index contributed by atoms with van der Waals surface area (Å²) in [5.41, 5.74) is 1.96.